The summed E-state index contributed by atoms with van der Waals surface area (Å²) in [5, 5.41) is 3.57. The minimum Gasteiger partial charge on any atom is -0.497 e. The number of nitrogens with one attached hydrogen (secondary N) is 1. The first-order valence-electron chi connectivity index (χ1n) is 12.8. The third-order valence-electron chi connectivity index (χ3n) is 7.79. The van der Waals surface area contributed by atoms with Crippen molar-refractivity contribution in [2.24, 2.45) is 0 Å². The number of carbonyl (C=O) groups is 2. The van der Waals surface area contributed by atoms with Crippen LogP contribution in [0.5, 0.6) is 5.75 Å². The van der Waals surface area contributed by atoms with Crippen molar-refractivity contribution in [2.45, 2.75) is 30.7 Å². The molecule has 0 saturated carbocycles. The lowest BCUT2D eigenvalue weighted by molar-refractivity contribution is -0.154. The number of nitrogens with zero attached hydrogens (tertiary/aromatic N) is 2. The van der Waals surface area contributed by atoms with E-state index < -0.39 is 11.5 Å². The monoisotopic (exact) mass is 507 g/mol. The van der Waals surface area contributed by atoms with E-state index in [1.54, 1.807) is 16.9 Å². The van der Waals surface area contributed by atoms with Crippen LogP contribution in [0.15, 0.2) is 78.9 Å². The van der Waals surface area contributed by atoms with Crippen LogP contribution in [0.1, 0.15) is 23.1 Å². The van der Waals surface area contributed by atoms with Gasteiger partial charge < -0.3 is 24.6 Å². The Labute approximate surface area is 222 Å². The van der Waals surface area contributed by atoms with Gasteiger partial charge in [-0.15, -0.1) is 0 Å². The fourth-order valence-electron chi connectivity index (χ4n) is 6.04. The van der Waals surface area contributed by atoms with Crippen molar-refractivity contribution in [1.29, 1.82) is 0 Å². The zero-order chi connectivity index (χ0) is 26.1. The van der Waals surface area contributed by atoms with Gasteiger partial charge in [-0.1, -0.05) is 72.5 Å². The molecule has 3 aliphatic rings. The largest absolute Gasteiger partial charge is 0.497 e. The number of amides is 2. The molecule has 6 rings (SSSR count). The van der Waals surface area contributed by atoms with Gasteiger partial charge in [0.25, 0.3) is 0 Å². The van der Waals surface area contributed by atoms with E-state index in [1.165, 1.54) is 0 Å². The van der Waals surface area contributed by atoms with Gasteiger partial charge in [0.05, 0.1) is 25.7 Å². The molecule has 2 saturated heterocycles. The molecule has 3 aromatic carbocycles. The highest BCUT2D eigenvalue weighted by Crippen LogP contribution is 2.55. The van der Waals surface area contributed by atoms with Gasteiger partial charge in [0.1, 0.15) is 31.1 Å². The Kier molecular flexibility index (Phi) is 6.26. The maximum Gasteiger partial charge on any atom is 0.246 e. The number of carbonyl (C=O) groups excluding carboxylic acids is 2. The highest BCUT2D eigenvalue weighted by molar-refractivity contribution is 5.97. The number of fused-ring (bicyclic) bond motifs is 5. The molecule has 0 spiro atoms. The zero-order valence-electron chi connectivity index (χ0n) is 21.2. The molecule has 0 aliphatic carbocycles. The summed E-state index contributed by atoms with van der Waals surface area (Å²) in [6, 6.07) is 25.4. The Bertz CT molecular complexity index is 1410. The first-order chi connectivity index (χ1) is 18.6. The Morgan fingerprint density at radius 1 is 0.974 bits per heavy atom. The van der Waals surface area contributed by atoms with E-state index in [1.807, 2.05) is 72.8 Å². The van der Waals surface area contributed by atoms with Crippen molar-refractivity contribution in [2.75, 3.05) is 32.1 Å². The Morgan fingerprint density at radius 2 is 1.74 bits per heavy atom. The van der Waals surface area contributed by atoms with Gasteiger partial charge in [-0.25, -0.2) is 0 Å². The lowest BCUT2D eigenvalue weighted by Gasteiger charge is -2.38. The van der Waals surface area contributed by atoms with Gasteiger partial charge in [0, 0.05) is 5.69 Å². The molecule has 38 heavy (non-hydrogen) atoms. The minimum absolute atomic E-state index is 0.0160. The fourth-order valence-corrected chi connectivity index (χ4v) is 6.04. The van der Waals surface area contributed by atoms with Crippen LogP contribution in [-0.4, -0.2) is 60.6 Å². The second-order valence-electron chi connectivity index (χ2n) is 9.84. The van der Waals surface area contributed by atoms with E-state index in [2.05, 4.69) is 23.2 Å². The standard InChI is InChI=1S/C31H29N3O4/c1-37-24-15-13-23(14-16-24)31-19-27-29(36)33(17-7-8-18-38-21-22-9-3-2-4-10-22)20-28(35)34(27)30(31)32-26-12-6-5-11-25(26)31/h2-6,9-16,27,30,32H,17-21H2,1H3/t27?,30-,31+/m1/s1. The van der Waals surface area contributed by atoms with Crippen molar-refractivity contribution >= 4 is 17.5 Å². The first-order valence-corrected chi connectivity index (χ1v) is 12.8. The minimum atomic E-state index is -0.555. The lowest BCUT2D eigenvalue weighted by atomic mass is 9.72. The summed E-state index contributed by atoms with van der Waals surface area (Å²) in [5.74, 6) is 6.63. The van der Waals surface area contributed by atoms with Crippen LogP contribution in [-0.2, 0) is 26.3 Å². The summed E-state index contributed by atoms with van der Waals surface area (Å²) in [6.45, 7) is 0.969. The second kappa shape index (κ2) is 9.88. The summed E-state index contributed by atoms with van der Waals surface area (Å²) < 4.78 is 11.0. The fraction of sp³-hybridized carbons (Fsp3) is 0.290. The SMILES string of the molecule is COc1ccc([C@]23CC4C(=O)N(CC#CCOCc5ccccc5)CC(=O)N4[C@H]2Nc2ccccc23)cc1. The summed E-state index contributed by atoms with van der Waals surface area (Å²) in [5.41, 5.74) is 3.70. The molecule has 7 nitrogen and oxygen atoms in total. The summed E-state index contributed by atoms with van der Waals surface area (Å²) in [4.78, 5) is 30.5. The molecule has 3 aromatic rings. The predicted molar refractivity (Wildman–Crippen MR) is 143 cm³/mol. The van der Waals surface area contributed by atoms with Crippen molar-refractivity contribution < 1.29 is 19.1 Å². The first kappa shape index (κ1) is 24.1. The Morgan fingerprint density at radius 3 is 2.53 bits per heavy atom. The summed E-state index contributed by atoms with van der Waals surface area (Å²) in [6.07, 6.45) is 0.164. The molecule has 1 unspecified atom stereocenters. The average Bonchev–Trinajstić information content (AvgIpc) is 3.46. The molecular formula is C31H29N3O4. The van der Waals surface area contributed by atoms with Crippen LogP contribution in [0, 0.1) is 11.8 Å². The molecule has 1 N–H and O–H groups in total. The number of hydrogen-bond acceptors (Lipinski definition) is 5. The van der Waals surface area contributed by atoms with Crippen molar-refractivity contribution in [3.8, 4) is 17.6 Å². The number of rotatable bonds is 6. The third kappa shape index (κ3) is 3.98. The lowest BCUT2D eigenvalue weighted by Crippen LogP contribution is -2.60. The molecular weight excluding hydrogens is 478 g/mol. The van der Waals surface area contributed by atoms with E-state index in [-0.39, 0.29) is 37.7 Å². The molecule has 3 heterocycles. The molecule has 7 heteroatoms. The molecule has 0 aromatic heterocycles. The quantitative estimate of drug-likeness (QED) is 0.409. The van der Waals surface area contributed by atoms with E-state index in [0.717, 1.165) is 28.1 Å². The van der Waals surface area contributed by atoms with Crippen molar-refractivity contribution in [3.05, 3.63) is 95.6 Å². The van der Waals surface area contributed by atoms with Gasteiger partial charge in [-0.3, -0.25) is 9.59 Å². The van der Waals surface area contributed by atoms with E-state index in [4.69, 9.17) is 9.47 Å². The van der Waals surface area contributed by atoms with Gasteiger partial charge in [0.2, 0.25) is 11.8 Å². The highest BCUT2D eigenvalue weighted by atomic mass is 16.5. The number of anilines is 1. The second-order valence-corrected chi connectivity index (χ2v) is 9.84. The van der Waals surface area contributed by atoms with Crippen LogP contribution in [0.25, 0.3) is 0 Å². The van der Waals surface area contributed by atoms with Crippen LogP contribution >= 0.6 is 0 Å². The van der Waals surface area contributed by atoms with E-state index >= 15 is 0 Å². The van der Waals surface area contributed by atoms with Crippen LogP contribution in [0.3, 0.4) is 0 Å². The van der Waals surface area contributed by atoms with Gasteiger partial charge in [0.15, 0.2) is 0 Å². The molecule has 2 amide bonds. The predicted octanol–water partition coefficient (Wildman–Crippen LogP) is 3.40. The maximum absolute atomic E-state index is 13.7. The average molecular weight is 508 g/mol. The molecule has 192 valence electrons. The number of ether oxygens (including phenoxy) is 2. The van der Waals surface area contributed by atoms with Crippen molar-refractivity contribution in [3.63, 3.8) is 0 Å². The highest BCUT2D eigenvalue weighted by Gasteiger charge is 2.63. The van der Waals surface area contributed by atoms with Crippen LogP contribution in [0.4, 0.5) is 5.69 Å². The summed E-state index contributed by atoms with van der Waals surface area (Å²) in [7, 11) is 1.64. The number of para-hydroxylation sites is 1. The number of benzene rings is 3. The molecule has 3 aliphatic heterocycles. The zero-order valence-corrected chi connectivity index (χ0v) is 21.2. The summed E-state index contributed by atoms with van der Waals surface area (Å²) >= 11 is 0. The van der Waals surface area contributed by atoms with Crippen molar-refractivity contribution in [1.82, 2.24) is 9.80 Å². The number of hydrogen-bond donors (Lipinski definition) is 1. The molecule has 0 bridgehead atoms. The smallest absolute Gasteiger partial charge is 0.246 e. The van der Waals surface area contributed by atoms with Gasteiger partial charge in [-0.05, 0) is 41.3 Å². The molecule has 3 atom stereocenters. The normalized spacial score (nSPS) is 23.2. The Balaban J connectivity index is 1.21. The number of piperazine rings is 1. The maximum atomic E-state index is 13.7. The van der Waals surface area contributed by atoms with E-state index in [0.29, 0.717) is 13.0 Å². The molecule has 0 radical (unpaired) electrons. The number of methoxy groups -OCH3 is 1. The molecule has 2 fully saturated rings. The Hall–Kier alpha value is -4.28. The van der Waals surface area contributed by atoms with Gasteiger partial charge in [-0.2, -0.15) is 0 Å². The van der Waals surface area contributed by atoms with Crippen LogP contribution < -0.4 is 10.1 Å². The van der Waals surface area contributed by atoms with E-state index in [9.17, 15) is 9.59 Å². The topological polar surface area (TPSA) is 71.1 Å². The third-order valence-corrected chi connectivity index (χ3v) is 7.79. The van der Waals surface area contributed by atoms with Gasteiger partial charge >= 0.3 is 0 Å². The van der Waals surface area contributed by atoms with Crippen LogP contribution in [0.2, 0.25) is 0 Å².